The molecule has 0 saturated carbocycles. The molecule has 3 heterocycles. The van der Waals surface area contributed by atoms with Crippen molar-refractivity contribution in [2.45, 2.75) is 32.6 Å². The lowest BCUT2D eigenvalue weighted by Crippen LogP contribution is -2.37. The van der Waals surface area contributed by atoms with Gasteiger partial charge in [-0.1, -0.05) is 54.9 Å². The molecule has 0 unspecified atom stereocenters. The minimum Gasteiger partial charge on any atom is -0.375 e. The van der Waals surface area contributed by atoms with Crippen molar-refractivity contribution in [1.29, 1.82) is 0 Å². The number of rotatable bonds is 7. The number of methoxy groups -OCH3 is 1. The summed E-state index contributed by atoms with van der Waals surface area (Å²) in [6.45, 7) is 5.06. The molecule has 2 aromatic carbocycles. The zero-order chi connectivity index (χ0) is 24.2. The number of hydrogen-bond acceptors (Lipinski definition) is 7. The molecule has 5 rings (SSSR count). The molecule has 1 saturated heterocycles. The van der Waals surface area contributed by atoms with Gasteiger partial charge < -0.3 is 19.1 Å². The van der Waals surface area contributed by atoms with E-state index in [1.165, 1.54) is 5.39 Å². The van der Waals surface area contributed by atoms with E-state index in [0.717, 1.165) is 65.9 Å². The van der Waals surface area contributed by atoms with Crippen LogP contribution in [-0.2, 0) is 16.0 Å². The number of amides is 1. The van der Waals surface area contributed by atoms with Crippen molar-refractivity contribution in [2.24, 2.45) is 0 Å². The summed E-state index contributed by atoms with van der Waals surface area (Å²) in [6.07, 6.45) is 3.71. The van der Waals surface area contributed by atoms with Gasteiger partial charge in [0.05, 0.1) is 0 Å². The first-order chi connectivity index (χ1) is 17.2. The maximum absolute atomic E-state index is 12.4. The molecule has 1 aliphatic heterocycles. The minimum atomic E-state index is 0.0210. The maximum atomic E-state index is 12.4. The molecule has 8 nitrogen and oxygen atoms in total. The van der Waals surface area contributed by atoms with Crippen LogP contribution in [0, 0.1) is 0 Å². The number of carbonyl (C=O) groups excluding carboxylic acids is 1. The molecule has 1 amide bonds. The average Bonchev–Trinajstić information content (AvgIpc) is 3.15. The van der Waals surface area contributed by atoms with Crippen LogP contribution in [0.3, 0.4) is 0 Å². The van der Waals surface area contributed by atoms with Crippen molar-refractivity contribution in [3.63, 3.8) is 0 Å². The number of aryl methyl sites for hydroxylation is 1. The highest BCUT2D eigenvalue weighted by molar-refractivity contribution is 6.00. The van der Waals surface area contributed by atoms with Gasteiger partial charge in [-0.3, -0.25) is 4.79 Å². The summed E-state index contributed by atoms with van der Waals surface area (Å²) in [6, 6.07) is 14.6. The SMILES string of the molecule is CCCCc1nc(N2CCCN(C(=O)COC)CC2)c2c(-c3ccc4ccccc4c3)noc2n1. The van der Waals surface area contributed by atoms with Crippen LogP contribution in [0.5, 0.6) is 0 Å². The van der Waals surface area contributed by atoms with Gasteiger partial charge in [0, 0.05) is 45.3 Å². The highest BCUT2D eigenvalue weighted by Crippen LogP contribution is 2.35. The Hall–Kier alpha value is -3.52. The van der Waals surface area contributed by atoms with Crippen LogP contribution in [0.1, 0.15) is 32.0 Å². The van der Waals surface area contributed by atoms with Crippen LogP contribution in [-0.4, -0.2) is 65.8 Å². The van der Waals surface area contributed by atoms with Crippen molar-refractivity contribution in [1.82, 2.24) is 20.0 Å². The summed E-state index contributed by atoms with van der Waals surface area (Å²) in [5.74, 6) is 1.63. The molecule has 0 radical (unpaired) electrons. The minimum absolute atomic E-state index is 0.0210. The van der Waals surface area contributed by atoms with Gasteiger partial charge in [-0.25, -0.2) is 4.98 Å². The Labute approximate surface area is 204 Å². The van der Waals surface area contributed by atoms with E-state index in [1.54, 1.807) is 7.11 Å². The number of hydrogen-bond donors (Lipinski definition) is 0. The third kappa shape index (κ3) is 4.84. The number of nitrogens with zero attached hydrogens (tertiary/aromatic N) is 5. The molecule has 1 fully saturated rings. The smallest absolute Gasteiger partial charge is 0.263 e. The van der Waals surface area contributed by atoms with Crippen LogP contribution in [0.25, 0.3) is 33.1 Å². The number of aromatic nitrogens is 3. The quantitative estimate of drug-likeness (QED) is 0.392. The molecule has 0 spiro atoms. The molecule has 8 heteroatoms. The van der Waals surface area contributed by atoms with Crippen molar-refractivity contribution in [3.05, 3.63) is 48.3 Å². The van der Waals surface area contributed by atoms with Gasteiger partial charge in [-0.2, -0.15) is 4.98 Å². The molecule has 0 N–H and O–H groups in total. The van der Waals surface area contributed by atoms with Gasteiger partial charge in [-0.15, -0.1) is 0 Å². The highest BCUT2D eigenvalue weighted by atomic mass is 16.5. The lowest BCUT2D eigenvalue weighted by Gasteiger charge is -2.23. The Morgan fingerprint density at radius 3 is 2.74 bits per heavy atom. The largest absolute Gasteiger partial charge is 0.375 e. The Morgan fingerprint density at radius 1 is 1.06 bits per heavy atom. The van der Waals surface area contributed by atoms with Crippen LogP contribution >= 0.6 is 0 Å². The zero-order valence-electron chi connectivity index (χ0n) is 20.4. The first kappa shape index (κ1) is 23.2. The van der Waals surface area contributed by atoms with Gasteiger partial charge in [0.2, 0.25) is 5.91 Å². The molecule has 0 atom stereocenters. The summed E-state index contributed by atoms with van der Waals surface area (Å²) in [7, 11) is 1.55. The molecule has 35 heavy (non-hydrogen) atoms. The molecule has 4 aromatic rings. The monoisotopic (exact) mass is 473 g/mol. The average molecular weight is 474 g/mol. The van der Waals surface area contributed by atoms with E-state index in [9.17, 15) is 4.79 Å². The lowest BCUT2D eigenvalue weighted by atomic mass is 10.0. The standard InChI is InChI=1S/C27H31N5O3/c1-3-4-10-22-28-26(32-14-7-13-31(15-16-32)23(33)18-34-2)24-25(30-35-27(24)29-22)21-12-11-19-8-5-6-9-20(19)17-21/h5-6,8-9,11-12,17H,3-4,7,10,13-16,18H2,1-2H3. The zero-order valence-corrected chi connectivity index (χ0v) is 20.4. The summed E-state index contributed by atoms with van der Waals surface area (Å²) >= 11 is 0. The fraction of sp³-hybridized carbons (Fsp3) is 0.407. The fourth-order valence-electron chi connectivity index (χ4n) is 4.68. The number of benzene rings is 2. The van der Waals surface area contributed by atoms with E-state index < -0.39 is 0 Å². The first-order valence-electron chi connectivity index (χ1n) is 12.3. The third-order valence-corrected chi connectivity index (χ3v) is 6.56. The predicted molar refractivity (Wildman–Crippen MR) is 136 cm³/mol. The molecule has 0 bridgehead atoms. The number of anilines is 1. The van der Waals surface area contributed by atoms with Gasteiger partial charge in [0.15, 0.2) is 0 Å². The summed E-state index contributed by atoms with van der Waals surface area (Å²) < 4.78 is 10.8. The molecule has 182 valence electrons. The molecule has 1 aliphatic rings. The Morgan fingerprint density at radius 2 is 1.91 bits per heavy atom. The second-order valence-electron chi connectivity index (χ2n) is 8.99. The Bertz CT molecular complexity index is 1340. The Kier molecular flexibility index (Phi) is 6.90. The third-order valence-electron chi connectivity index (χ3n) is 6.56. The first-order valence-corrected chi connectivity index (χ1v) is 12.3. The van der Waals surface area contributed by atoms with Crippen LogP contribution in [0.15, 0.2) is 47.0 Å². The molecular weight excluding hydrogens is 442 g/mol. The van der Waals surface area contributed by atoms with E-state index in [-0.39, 0.29) is 12.5 Å². The van der Waals surface area contributed by atoms with E-state index in [2.05, 4.69) is 47.3 Å². The highest BCUT2D eigenvalue weighted by Gasteiger charge is 2.25. The van der Waals surface area contributed by atoms with E-state index in [0.29, 0.717) is 25.3 Å². The van der Waals surface area contributed by atoms with Crippen molar-refractivity contribution in [3.8, 4) is 11.3 Å². The van der Waals surface area contributed by atoms with Gasteiger partial charge >= 0.3 is 0 Å². The van der Waals surface area contributed by atoms with E-state index in [1.807, 2.05) is 17.0 Å². The fourth-order valence-corrected chi connectivity index (χ4v) is 4.68. The van der Waals surface area contributed by atoms with Crippen LogP contribution < -0.4 is 4.90 Å². The topological polar surface area (TPSA) is 84.6 Å². The summed E-state index contributed by atoms with van der Waals surface area (Å²) in [4.78, 5) is 26.3. The maximum Gasteiger partial charge on any atom is 0.263 e. The van der Waals surface area contributed by atoms with E-state index in [4.69, 9.17) is 19.2 Å². The van der Waals surface area contributed by atoms with Gasteiger partial charge in [0.1, 0.15) is 29.3 Å². The number of unbranched alkanes of at least 4 members (excludes halogenated alkanes) is 1. The van der Waals surface area contributed by atoms with Crippen molar-refractivity contribution >= 4 is 33.6 Å². The number of carbonyl (C=O) groups is 1. The van der Waals surface area contributed by atoms with Gasteiger partial charge in [-0.05, 0) is 29.7 Å². The lowest BCUT2D eigenvalue weighted by molar-refractivity contribution is -0.134. The number of fused-ring (bicyclic) bond motifs is 2. The van der Waals surface area contributed by atoms with Crippen molar-refractivity contribution in [2.75, 3.05) is 44.8 Å². The van der Waals surface area contributed by atoms with Crippen LogP contribution in [0.2, 0.25) is 0 Å². The molecule has 2 aromatic heterocycles. The molecular formula is C27H31N5O3. The molecule has 0 aliphatic carbocycles. The normalized spacial score (nSPS) is 14.6. The summed E-state index contributed by atoms with van der Waals surface area (Å²) in [5.41, 5.74) is 2.24. The second kappa shape index (κ2) is 10.4. The number of ether oxygens (including phenoxy) is 1. The van der Waals surface area contributed by atoms with Crippen molar-refractivity contribution < 1.29 is 14.1 Å². The van der Waals surface area contributed by atoms with Gasteiger partial charge in [0.25, 0.3) is 5.71 Å². The second-order valence-corrected chi connectivity index (χ2v) is 8.99. The summed E-state index contributed by atoms with van der Waals surface area (Å²) in [5, 5.41) is 7.61. The van der Waals surface area contributed by atoms with E-state index >= 15 is 0 Å². The Balaban J connectivity index is 1.56. The van der Waals surface area contributed by atoms with Crippen LogP contribution in [0.4, 0.5) is 5.82 Å². The predicted octanol–water partition coefficient (Wildman–Crippen LogP) is 4.47.